The predicted molar refractivity (Wildman–Crippen MR) is 46.7 cm³/mol. The average Bonchev–Trinajstić information content (AvgIpc) is 2.33. The van der Waals surface area contributed by atoms with E-state index in [0.717, 1.165) is 6.29 Å². The second-order valence-corrected chi connectivity index (χ2v) is 3.62. The number of aldehydes is 1. The van der Waals surface area contributed by atoms with Crippen molar-refractivity contribution in [2.45, 2.75) is 19.4 Å². The molecule has 12 heavy (non-hydrogen) atoms. The van der Waals surface area contributed by atoms with E-state index in [9.17, 15) is 9.59 Å². The highest BCUT2D eigenvalue weighted by atomic mass is 79.9. The lowest BCUT2D eigenvalue weighted by atomic mass is 10.0. The van der Waals surface area contributed by atoms with Crippen molar-refractivity contribution in [1.29, 1.82) is 0 Å². The highest BCUT2D eigenvalue weighted by molar-refractivity contribution is 9.12. The number of halogens is 1. The van der Waals surface area contributed by atoms with E-state index in [1.54, 1.807) is 6.08 Å². The number of carbonyl (C=O) groups excluding carboxylic acids is 2. The van der Waals surface area contributed by atoms with Crippen LogP contribution in [0.2, 0.25) is 0 Å². The maximum Gasteiger partial charge on any atom is 0.345 e. The molecule has 3 nitrogen and oxygen atoms in total. The molecule has 0 bridgehead atoms. The molecule has 0 N–H and O–H groups in total. The van der Waals surface area contributed by atoms with Gasteiger partial charge in [-0.2, -0.15) is 0 Å². The summed E-state index contributed by atoms with van der Waals surface area (Å²) >= 11 is 3.06. The molecule has 0 aromatic rings. The lowest BCUT2D eigenvalue weighted by Gasteiger charge is -2.13. The third kappa shape index (κ3) is 1.94. The van der Waals surface area contributed by atoms with E-state index >= 15 is 0 Å². The zero-order chi connectivity index (χ0) is 9.14. The van der Waals surface area contributed by atoms with Gasteiger partial charge >= 0.3 is 5.97 Å². The number of hydrogen-bond donors (Lipinski definition) is 0. The standard InChI is InChI=1S/C8H9BrO3/c1-5(2-3-10)7-4-6(9)8(11)12-7/h3-5,7H,2H2,1H3/t5-,7+/m1/s1. The first-order chi connectivity index (χ1) is 5.65. The number of rotatable bonds is 3. The molecular formula is C8H9BrO3. The summed E-state index contributed by atoms with van der Waals surface area (Å²) in [4.78, 5) is 21.0. The van der Waals surface area contributed by atoms with Gasteiger partial charge in [-0.05, 0) is 22.0 Å². The smallest absolute Gasteiger partial charge is 0.345 e. The third-order valence-corrected chi connectivity index (χ3v) is 2.37. The fraction of sp³-hybridized carbons (Fsp3) is 0.500. The van der Waals surface area contributed by atoms with Crippen molar-refractivity contribution in [3.63, 3.8) is 0 Å². The van der Waals surface area contributed by atoms with Crippen LogP contribution in [0.3, 0.4) is 0 Å². The Hall–Kier alpha value is -0.640. The summed E-state index contributed by atoms with van der Waals surface area (Å²) in [7, 11) is 0. The van der Waals surface area contributed by atoms with Crippen molar-refractivity contribution in [3.05, 3.63) is 10.6 Å². The molecule has 1 rings (SSSR count). The van der Waals surface area contributed by atoms with Crippen LogP contribution in [0.1, 0.15) is 13.3 Å². The topological polar surface area (TPSA) is 43.4 Å². The highest BCUT2D eigenvalue weighted by Gasteiger charge is 2.27. The summed E-state index contributed by atoms with van der Waals surface area (Å²) in [6.07, 6.45) is 2.68. The quantitative estimate of drug-likeness (QED) is 0.546. The molecule has 0 fully saturated rings. The fourth-order valence-corrected chi connectivity index (χ4v) is 1.35. The van der Waals surface area contributed by atoms with Crippen molar-refractivity contribution in [1.82, 2.24) is 0 Å². The number of carbonyl (C=O) groups is 2. The molecule has 0 aromatic heterocycles. The van der Waals surface area contributed by atoms with E-state index in [-0.39, 0.29) is 18.0 Å². The summed E-state index contributed by atoms with van der Waals surface area (Å²) in [6, 6.07) is 0. The molecule has 1 aliphatic rings. The Morgan fingerprint density at radius 2 is 2.50 bits per heavy atom. The van der Waals surface area contributed by atoms with Crippen molar-refractivity contribution in [2.24, 2.45) is 5.92 Å². The number of hydrogen-bond acceptors (Lipinski definition) is 3. The van der Waals surface area contributed by atoms with Crippen LogP contribution in [-0.4, -0.2) is 18.4 Å². The molecule has 66 valence electrons. The minimum atomic E-state index is -0.349. The zero-order valence-electron chi connectivity index (χ0n) is 6.62. The van der Waals surface area contributed by atoms with E-state index in [4.69, 9.17) is 4.74 Å². The summed E-state index contributed by atoms with van der Waals surface area (Å²) in [6.45, 7) is 1.87. The minimum Gasteiger partial charge on any atom is -0.454 e. The van der Waals surface area contributed by atoms with E-state index in [2.05, 4.69) is 15.9 Å². The monoisotopic (exact) mass is 232 g/mol. The van der Waals surface area contributed by atoms with Gasteiger partial charge in [0.25, 0.3) is 0 Å². The molecule has 1 aliphatic heterocycles. The molecule has 0 spiro atoms. The van der Waals surface area contributed by atoms with Gasteiger partial charge in [-0.1, -0.05) is 6.92 Å². The molecule has 2 atom stereocenters. The van der Waals surface area contributed by atoms with Gasteiger partial charge in [-0.3, -0.25) is 0 Å². The Balaban J connectivity index is 2.56. The van der Waals surface area contributed by atoms with Crippen LogP contribution in [0.15, 0.2) is 10.6 Å². The third-order valence-electron chi connectivity index (χ3n) is 1.78. The Labute approximate surface area is 78.9 Å². The van der Waals surface area contributed by atoms with Crippen molar-refractivity contribution in [2.75, 3.05) is 0 Å². The number of cyclic esters (lactones) is 1. The largest absolute Gasteiger partial charge is 0.454 e. The molecule has 0 aromatic carbocycles. The summed E-state index contributed by atoms with van der Waals surface area (Å²) in [5.74, 6) is -0.292. The van der Waals surface area contributed by atoms with Crippen LogP contribution in [0, 0.1) is 5.92 Å². The molecule has 0 unspecified atom stereocenters. The average molecular weight is 233 g/mol. The van der Waals surface area contributed by atoms with Crippen LogP contribution in [0.4, 0.5) is 0 Å². The normalized spacial score (nSPS) is 24.7. The molecule has 1 heterocycles. The maximum atomic E-state index is 10.9. The second kappa shape index (κ2) is 3.85. The summed E-state index contributed by atoms with van der Waals surface area (Å²) in [5, 5.41) is 0. The lowest BCUT2D eigenvalue weighted by Crippen LogP contribution is -2.17. The Morgan fingerprint density at radius 3 is 2.92 bits per heavy atom. The number of ether oxygens (including phenoxy) is 1. The van der Waals surface area contributed by atoms with E-state index in [0.29, 0.717) is 10.9 Å². The van der Waals surface area contributed by atoms with Crippen molar-refractivity contribution in [3.8, 4) is 0 Å². The van der Waals surface area contributed by atoms with Gasteiger partial charge in [-0.15, -0.1) is 0 Å². The van der Waals surface area contributed by atoms with Crippen molar-refractivity contribution < 1.29 is 14.3 Å². The molecule has 0 radical (unpaired) electrons. The Bertz CT molecular complexity index is 234. The van der Waals surface area contributed by atoms with E-state index < -0.39 is 0 Å². The highest BCUT2D eigenvalue weighted by Crippen LogP contribution is 2.24. The maximum absolute atomic E-state index is 10.9. The fourth-order valence-electron chi connectivity index (χ4n) is 0.992. The molecule has 0 amide bonds. The van der Waals surface area contributed by atoms with Crippen molar-refractivity contribution >= 4 is 28.2 Å². The molecular weight excluding hydrogens is 224 g/mol. The second-order valence-electron chi connectivity index (χ2n) is 2.76. The molecule has 4 heteroatoms. The van der Waals surface area contributed by atoms with Gasteiger partial charge in [-0.25, -0.2) is 4.79 Å². The summed E-state index contributed by atoms with van der Waals surface area (Å²) in [5.41, 5.74) is 0. The SMILES string of the molecule is C[C@H](CC=O)[C@@H]1C=C(Br)C(=O)O1. The minimum absolute atomic E-state index is 0.0569. The van der Waals surface area contributed by atoms with E-state index in [1.807, 2.05) is 6.92 Å². The molecule has 0 saturated heterocycles. The van der Waals surface area contributed by atoms with Gasteiger partial charge in [0.1, 0.15) is 16.9 Å². The number of esters is 1. The van der Waals surface area contributed by atoms with Gasteiger partial charge in [0.05, 0.1) is 0 Å². The van der Waals surface area contributed by atoms with Gasteiger partial charge in [0.15, 0.2) is 0 Å². The molecule has 0 saturated carbocycles. The lowest BCUT2D eigenvalue weighted by molar-refractivity contribution is -0.141. The van der Waals surface area contributed by atoms with Gasteiger partial charge < -0.3 is 9.53 Å². The van der Waals surface area contributed by atoms with Crippen LogP contribution < -0.4 is 0 Å². The first-order valence-corrected chi connectivity index (χ1v) is 4.46. The Morgan fingerprint density at radius 1 is 1.83 bits per heavy atom. The van der Waals surface area contributed by atoms with Crippen LogP contribution in [-0.2, 0) is 14.3 Å². The molecule has 0 aliphatic carbocycles. The Kier molecular flexibility index (Phi) is 3.03. The predicted octanol–water partition coefficient (Wildman–Crippen LogP) is 1.42. The first kappa shape index (κ1) is 9.45. The van der Waals surface area contributed by atoms with Crippen LogP contribution >= 0.6 is 15.9 Å². The summed E-state index contributed by atoms with van der Waals surface area (Å²) < 4.78 is 5.40. The van der Waals surface area contributed by atoms with Crippen LogP contribution in [0.5, 0.6) is 0 Å². The van der Waals surface area contributed by atoms with Crippen LogP contribution in [0.25, 0.3) is 0 Å². The zero-order valence-corrected chi connectivity index (χ0v) is 8.21. The first-order valence-electron chi connectivity index (χ1n) is 3.67. The van der Waals surface area contributed by atoms with E-state index in [1.165, 1.54) is 0 Å². The van der Waals surface area contributed by atoms with Gasteiger partial charge in [0.2, 0.25) is 0 Å². The van der Waals surface area contributed by atoms with Gasteiger partial charge in [0, 0.05) is 12.3 Å².